The molecule has 2 nitrogen and oxygen atoms in total. The van der Waals surface area contributed by atoms with E-state index >= 15 is 0 Å². The Hall–Kier alpha value is -0.290. The predicted octanol–water partition coefficient (Wildman–Crippen LogP) is 2.23. The zero-order valence-corrected chi connectivity index (χ0v) is 9.71. The van der Waals surface area contributed by atoms with Crippen LogP contribution in [0.1, 0.15) is 17.5 Å². The third-order valence-electron chi connectivity index (χ3n) is 2.05. The number of halogens is 1. The van der Waals surface area contributed by atoms with Crippen LogP contribution < -0.4 is 0 Å². The van der Waals surface area contributed by atoms with Crippen molar-refractivity contribution in [1.82, 2.24) is 0 Å². The van der Waals surface area contributed by atoms with Crippen LogP contribution in [0, 0.1) is 10.5 Å². The maximum atomic E-state index is 9.72. The van der Waals surface area contributed by atoms with Gasteiger partial charge in [0.1, 0.15) is 5.75 Å². The number of aliphatic hydroxyl groups excluding tert-OH is 1. The van der Waals surface area contributed by atoms with Crippen molar-refractivity contribution in [1.29, 1.82) is 0 Å². The maximum absolute atomic E-state index is 9.72. The molecule has 0 aromatic heterocycles. The monoisotopic (exact) mass is 292 g/mol. The average Bonchev–Trinajstić information content (AvgIpc) is 2.13. The zero-order valence-electron chi connectivity index (χ0n) is 7.55. The summed E-state index contributed by atoms with van der Waals surface area (Å²) in [6.07, 6.45) is 1.44. The number of phenolic OH excluding ortho intramolecular Hbond substituents is 1. The highest BCUT2D eigenvalue weighted by Crippen LogP contribution is 2.26. The highest BCUT2D eigenvalue weighted by molar-refractivity contribution is 14.1. The third-order valence-corrected chi connectivity index (χ3v) is 3.22. The molecular formula is C10H13IO2. The van der Waals surface area contributed by atoms with Gasteiger partial charge >= 0.3 is 0 Å². The Morgan fingerprint density at radius 3 is 2.69 bits per heavy atom. The Morgan fingerprint density at radius 2 is 2.08 bits per heavy atom. The van der Waals surface area contributed by atoms with Crippen molar-refractivity contribution in [3.05, 3.63) is 26.8 Å². The first-order valence-electron chi connectivity index (χ1n) is 4.24. The average molecular weight is 292 g/mol. The molecule has 13 heavy (non-hydrogen) atoms. The Labute approximate surface area is 91.7 Å². The van der Waals surface area contributed by atoms with E-state index < -0.39 is 0 Å². The van der Waals surface area contributed by atoms with Gasteiger partial charge in [-0.05, 0) is 54.0 Å². The summed E-state index contributed by atoms with van der Waals surface area (Å²) in [5, 5.41) is 18.4. The molecule has 0 saturated heterocycles. The summed E-state index contributed by atoms with van der Waals surface area (Å²) in [6.45, 7) is 2.07. The van der Waals surface area contributed by atoms with Crippen LogP contribution in [0.15, 0.2) is 12.1 Å². The van der Waals surface area contributed by atoms with Gasteiger partial charge in [0.05, 0.1) is 0 Å². The van der Waals surface area contributed by atoms with Crippen LogP contribution in [-0.4, -0.2) is 16.8 Å². The van der Waals surface area contributed by atoms with Gasteiger partial charge in [-0.25, -0.2) is 0 Å². The Bertz CT molecular complexity index is 297. The second-order valence-electron chi connectivity index (χ2n) is 3.01. The fourth-order valence-electron chi connectivity index (χ4n) is 1.20. The second kappa shape index (κ2) is 4.81. The van der Waals surface area contributed by atoms with Crippen LogP contribution in [0.4, 0.5) is 0 Å². The van der Waals surface area contributed by atoms with Crippen LogP contribution in [0.5, 0.6) is 5.75 Å². The van der Waals surface area contributed by atoms with Gasteiger partial charge in [0, 0.05) is 15.7 Å². The number of aromatic hydroxyl groups is 1. The van der Waals surface area contributed by atoms with E-state index in [0.29, 0.717) is 12.2 Å². The first kappa shape index (κ1) is 10.8. The minimum atomic E-state index is 0.171. The fraction of sp³-hybridized carbons (Fsp3) is 0.400. The smallest absolute Gasteiger partial charge is 0.122 e. The van der Waals surface area contributed by atoms with E-state index in [9.17, 15) is 5.11 Å². The van der Waals surface area contributed by atoms with Crippen molar-refractivity contribution >= 4 is 22.6 Å². The topological polar surface area (TPSA) is 40.5 Å². The summed E-state index contributed by atoms with van der Waals surface area (Å²) >= 11 is 2.19. The number of benzene rings is 1. The SMILES string of the molecule is Cc1c(I)ccc(CCCO)c1O. The summed E-state index contributed by atoms with van der Waals surface area (Å²) in [5.74, 6) is 0.375. The normalized spacial score (nSPS) is 10.4. The summed E-state index contributed by atoms with van der Waals surface area (Å²) < 4.78 is 1.07. The van der Waals surface area contributed by atoms with Gasteiger partial charge in [-0.3, -0.25) is 0 Å². The first-order valence-corrected chi connectivity index (χ1v) is 5.32. The van der Waals surface area contributed by atoms with Gasteiger partial charge in [-0.1, -0.05) is 6.07 Å². The van der Waals surface area contributed by atoms with Crippen molar-refractivity contribution in [3.63, 3.8) is 0 Å². The van der Waals surface area contributed by atoms with E-state index in [-0.39, 0.29) is 6.61 Å². The van der Waals surface area contributed by atoms with E-state index in [1.165, 1.54) is 0 Å². The van der Waals surface area contributed by atoms with Crippen LogP contribution in [-0.2, 0) is 6.42 Å². The molecule has 0 bridgehead atoms. The molecule has 0 radical (unpaired) electrons. The minimum absolute atomic E-state index is 0.171. The molecular weight excluding hydrogens is 279 g/mol. The largest absolute Gasteiger partial charge is 0.507 e. The summed E-state index contributed by atoms with van der Waals surface area (Å²) in [5.41, 5.74) is 1.85. The van der Waals surface area contributed by atoms with Crippen molar-refractivity contribution < 1.29 is 10.2 Å². The van der Waals surface area contributed by atoms with Gasteiger partial charge in [0.25, 0.3) is 0 Å². The number of hydrogen-bond acceptors (Lipinski definition) is 2. The van der Waals surface area contributed by atoms with E-state index in [4.69, 9.17) is 5.11 Å². The first-order chi connectivity index (χ1) is 6.16. The van der Waals surface area contributed by atoms with E-state index in [1.54, 1.807) is 0 Å². The summed E-state index contributed by atoms with van der Waals surface area (Å²) in [4.78, 5) is 0. The molecule has 0 aliphatic carbocycles. The van der Waals surface area contributed by atoms with Gasteiger partial charge in [-0.15, -0.1) is 0 Å². The third kappa shape index (κ3) is 2.57. The van der Waals surface area contributed by atoms with E-state index in [1.807, 2.05) is 19.1 Å². The number of rotatable bonds is 3. The molecule has 0 amide bonds. The van der Waals surface area contributed by atoms with Gasteiger partial charge in [-0.2, -0.15) is 0 Å². The fourth-order valence-corrected chi connectivity index (χ4v) is 1.64. The highest BCUT2D eigenvalue weighted by atomic mass is 127. The molecule has 0 aliphatic heterocycles. The van der Waals surface area contributed by atoms with Crippen molar-refractivity contribution in [3.8, 4) is 5.75 Å². The molecule has 0 unspecified atom stereocenters. The number of aryl methyl sites for hydroxylation is 1. The number of aliphatic hydroxyl groups is 1. The summed E-state index contributed by atoms with van der Waals surface area (Å²) in [6, 6.07) is 3.90. The van der Waals surface area contributed by atoms with Gasteiger partial charge in [0.15, 0.2) is 0 Å². The van der Waals surface area contributed by atoms with Crippen LogP contribution in [0.2, 0.25) is 0 Å². The molecule has 0 fully saturated rings. The van der Waals surface area contributed by atoms with E-state index in [2.05, 4.69) is 22.6 Å². The van der Waals surface area contributed by atoms with Crippen LogP contribution in [0.25, 0.3) is 0 Å². The Balaban J connectivity index is 2.90. The molecule has 0 saturated carbocycles. The molecule has 1 aromatic carbocycles. The Kier molecular flexibility index (Phi) is 3.99. The van der Waals surface area contributed by atoms with Gasteiger partial charge < -0.3 is 10.2 Å². The van der Waals surface area contributed by atoms with Crippen LogP contribution in [0.3, 0.4) is 0 Å². The highest BCUT2D eigenvalue weighted by Gasteiger charge is 2.06. The lowest BCUT2D eigenvalue weighted by molar-refractivity contribution is 0.288. The number of phenols is 1. The molecule has 0 atom stereocenters. The van der Waals surface area contributed by atoms with Crippen molar-refractivity contribution in [2.45, 2.75) is 19.8 Å². The lowest BCUT2D eigenvalue weighted by atomic mass is 10.1. The van der Waals surface area contributed by atoms with Crippen LogP contribution >= 0.6 is 22.6 Å². The summed E-state index contributed by atoms with van der Waals surface area (Å²) in [7, 11) is 0. The molecule has 1 rings (SSSR count). The lowest BCUT2D eigenvalue weighted by Gasteiger charge is -2.07. The molecule has 2 N–H and O–H groups in total. The molecule has 0 heterocycles. The zero-order chi connectivity index (χ0) is 9.84. The quantitative estimate of drug-likeness (QED) is 0.839. The Morgan fingerprint density at radius 1 is 1.38 bits per heavy atom. The molecule has 72 valence electrons. The predicted molar refractivity (Wildman–Crippen MR) is 61.0 cm³/mol. The van der Waals surface area contributed by atoms with E-state index in [0.717, 1.165) is 21.1 Å². The molecule has 3 heteroatoms. The minimum Gasteiger partial charge on any atom is -0.507 e. The lowest BCUT2D eigenvalue weighted by Crippen LogP contribution is -1.92. The van der Waals surface area contributed by atoms with Crippen molar-refractivity contribution in [2.75, 3.05) is 6.61 Å². The molecule has 1 aromatic rings. The maximum Gasteiger partial charge on any atom is 0.122 e. The molecule has 0 spiro atoms. The number of hydrogen-bond donors (Lipinski definition) is 2. The van der Waals surface area contributed by atoms with Gasteiger partial charge in [0.2, 0.25) is 0 Å². The molecule has 0 aliphatic rings. The standard InChI is InChI=1S/C10H13IO2/c1-7-9(11)5-4-8(10(7)13)3-2-6-12/h4-5,12-13H,2-3,6H2,1H3. The second-order valence-corrected chi connectivity index (χ2v) is 4.17. The van der Waals surface area contributed by atoms with Crippen molar-refractivity contribution in [2.24, 2.45) is 0 Å².